The van der Waals surface area contributed by atoms with Gasteiger partial charge in [0, 0.05) is 11.8 Å². The smallest absolute Gasteiger partial charge is 0.287 e. The average molecular weight is 253 g/mol. The maximum absolute atomic E-state index is 11.8. The number of amides is 1. The number of nitrogens with one attached hydrogen (secondary N) is 2. The summed E-state index contributed by atoms with van der Waals surface area (Å²) >= 11 is 0. The van der Waals surface area contributed by atoms with Crippen LogP contribution in [0, 0.1) is 0 Å². The molecule has 0 fully saturated rings. The molecule has 4 nitrogen and oxygen atoms in total. The summed E-state index contributed by atoms with van der Waals surface area (Å²) in [6.45, 7) is 0. The van der Waals surface area contributed by atoms with Gasteiger partial charge in [-0.05, 0) is 37.0 Å². The molecular weight excluding hydrogens is 238 g/mol. The van der Waals surface area contributed by atoms with Crippen molar-refractivity contribution >= 4 is 11.6 Å². The Kier molecular flexibility index (Phi) is 3.14. The van der Waals surface area contributed by atoms with Crippen LogP contribution in [0.2, 0.25) is 0 Å². The molecule has 1 aromatic carbocycles. The van der Waals surface area contributed by atoms with Gasteiger partial charge in [-0.15, -0.1) is 0 Å². The van der Waals surface area contributed by atoms with Crippen LogP contribution in [-0.2, 0) is 6.42 Å². The number of hydrogen-bond donors (Lipinski definition) is 2. The molecule has 0 atom stereocenters. The predicted octanol–water partition coefficient (Wildman–Crippen LogP) is 2.49. The van der Waals surface area contributed by atoms with Crippen molar-refractivity contribution < 1.29 is 4.79 Å². The molecule has 0 spiro atoms. The maximum atomic E-state index is 11.8. The van der Waals surface area contributed by atoms with Gasteiger partial charge in [-0.3, -0.25) is 4.79 Å². The van der Waals surface area contributed by atoms with E-state index in [1.807, 2.05) is 12.1 Å². The quantitative estimate of drug-likeness (QED) is 0.794. The number of carbonyl (C=O) groups is 1. The van der Waals surface area contributed by atoms with Crippen molar-refractivity contribution in [2.24, 2.45) is 5.10 Å². The highest BCUT2D eigenvalue weighted by Gasteiger charge is 2.15. The first-order valence-corrected chi connectivity index (χ1v) is 6.43. The Hall–Kier alpha value is -2.36. The first kappa shape index (κ1) is 11.7. The van der Waals surface area contributed by atoms with Crippen LogP contribution in [0.1, 0.15) is 34.5 Å². The topological polar surface area (TPSA) is 57.2 Å². The second-order valence-corrected chi connectivity index (χ2v) is 4.59. The Morgan fingerprint density at radius 1 is 1.16 bits per heavy atom. The standard InChI is InChI=1S/C15H15N3O/c19-15(14-9-4-10-16-14)18-17-13-8-3-6-11-5-1-2-7-12(11)13/h1-2,4-5,7,9-10,16H,3,6,8H2,(H,18,19). The number of fused-ring (bicyclic) bond motifs is 1. The second kappa shape index (κ2) is 5.10. The highest BCUT2D eigenvalue weighted by molar-refractivity contribution is 6.03. The van der Waals surface area contributed by atoms with Crippen molar-refractivity contribution in [1.29, 1.82) is 0 Å². The first-order valence-electron chi connectivity index (χ1n) is 6.43. The average Bonchev–Trinajstić information content (AvgIpc) is 2.99. The van der Waals surface area contributed by atoms with Crippen LogP contribution in [0.3, 0.4) is 0 Å². The monoisotopic (exact) mass is 253 g/mol. The summed E-state index contributed by atoms with van der Waals surface area (Å²) in [6, 6.07) is 11.7. The Balaban J connectivity index is 1.80. The van der Waals surface area contributed by atoms with E-state index in [4.69, 9.17) is 0 Å². The van der Waals surface area contributed by atoms with Crippen molar-refractivity contribution in [3.8, 4) is 0 Å². The van der Waals surface area contributed by atoms with Crippen LogP contribution < -0.4 is 5.43 Å². The molecule has 0 saturated heterocycles. The summed E-state index contributed by atoms with van der Waals surface area (Å²) in [7, 11) is 0. The summed E-state index contributed by atoms with van der Waals surface area (Å²) in [5.74, 6) is -0.208. The Labute approximate surface area is 111 Å². The van der Waals surface area contributed by atoms with Gasteiger partial charge in [-0.25, -0.2) is 5.43 Å². The van der Waals surface area contributed by atoms with Gasteiger partial charge >= 0.3 is 0 Å². The SMILES string of the molecule is O=C(NN=C1CCCc2ccccc21)c1ccc[nH]1. The third-order valence-corrected chi connectivity index (χ3v) is 3.32. The van der Waals surface area contributed by atoms with Gasteiger partial charge in [0.2, 0.25) is 0 Å². The van der Waals surface area contributed by atoms with Crippen LogP contribution >= 0.6 is 0 Å². The van der Waals surface area contributed by atoms with E-state index in [9.17, 15) is 4.79 Å². The molecular formula is C15H15N3O. The van der Waals surface area contributed by atoms with Crippen molar-refractivity contribution in [2.45, 2.75) is 19.3 Å². The number of aromatic nitrogens is 1. The predicted molar refractivity (Wildman–Crippen MR) is 74.2 cm³/mol. The molecule has 96 valence electrons. The molecule has 19 heavy (non-hydrogen) atoms. The van der Waals surface area contributed by atoms with Crippen LogP contribution in [0.25, 0.3) is 0 Å². The molecule has 1 aliphatic rings. The minimum absolute atomic E-state index is 0.208. The molecule has 0 unspecified atom stereocenters. The molecule has 1 heterocycles. The molecule has 1 amide bonds. The molecule has 2 N–H and O–H groups in total. The highest BCUT2D eigenvalue weighted by Crippen LogP contribution is 2.21. The molecule has 3 rings (SSSR count). The Morgan fingerprint density at radius 3 is 2.89 bits per heavy atom. The minimum atomic E-state index is -0.208. The van der Waals surface area contributed by atoms with E-state index >= 15 is 0 Å². The lowest BCUT2D eigenvalue weighted by molar-refractivity contribution is 0.0950. The third kappa shape index (κ3) is 2.42. The van der Waals surface area contributed by atoms with Gasteiger partial charge in [0.1, 0.15) is 5.69 Å². The molecule has 2 aromatic rings. The second-order valence-electron chi connectivity index (χ2n) is 4.59. The van der Waals surface area contributed by atoms with Crippen LogP contribution in [0.4, 0.5) is 0 Å². The van der Waals surface area contributed by atoms with Crippen LogP contribution in [-0.4, -0.2) is 16.6 Å². The number of rotatable bonds is 2. The molecule has 1 aromatic heterocycles. The van der Waals surface area contributed by atoms with E-state index in [2.05, 4.69) is 27.6 Å². The summed E-state index contributed by atoms with van der Waals surface area (Å²) in [6.07, 6.45) is 4.79. The maximum Gasteiger partial charge on any atom is 0.287 e. The van der Waals surface area contributed by atoms with E-state index < -0.39 is 0 Å². The lowest BCUT2D eigenvalue weighted by Gasteiger charge is -2.17. The number of carbonyl (C=O) groups excluding carboxylic acids is 1. The number of hydrogen-bond acceptors (Lipinski definition) is 2. The molecule has 0 saturated carbocycles. The zero-order chi connectivity index (χ0) is 13.1. The van der Waals surface area contributed by atoms with Crippen LogP contribution in [0.15, 0.2) is 47.7 Å². The van der Waals surface area contributed by atoms with E-state index in [0.29, 0.717) is 5.69 Å². The molecule has 0 radical (unpaired) electrons. The summed E-state index contributed by atoms with van der Waals surface area (Å²) in [5, 5.41) is 4.28. The number of hydrazone groups is 1. The Morgan fingerprint density at radius 2 is 2.05 bits per heavy atom. The summed E-state index contributed by atoms with van der Waals surface area (Å²) in [4.78, 5) is 14.7. The van der Waals surface area contributed by atoms with E-state index in [-0.39, 0.29) is 5.91 Å². The van der Waals surface area contributed by atoms with Crippen molar-refractivity contribution in [2.75, 3.05) is 0 Å². The number of aromatic amines is 1. The fourth-order valence-corrected chi connectivity index (χ4v) is 2.37. The van der Waals surface area contributed by atoms with Gasteiger partial charge in [0.25, 0.3) is 5.91 Å². The zero-order valence-electron chi connectivity index (χ0n) is 10.5. The largest absolute Gasteiger partial charge is 0.357 e. The van der Waals surface area contributed by atoms with Gasteiger partial charge in [-0.1, -0.05) is 24.3 Å². The van der Waals surface area contributed by atoms with Gasteiger partial charge < -0.3 is 4.98 Å². The molecule has 1 aliphatic carbocycles. The van der Waals surface area contributed by atoms with Crippen molar-refractivity contribution in [3.05, 3.63) is 59.4 Å². The van der Waals surface area contributed by atoms with E-state index in [1.54, 1.807) is 18.3 Å². The normalized spacial score (nSPS) is 16.1. The lowest BCUT2D eigenvalue weighted by atomic mass is 9.90. The van der Waals surface area contributed by atoms with Crippen LogP contribution in [0.5, 0.6) is 0 Å². The number of nitrogens with zero attached hydrogens (tertiary/aromatic N) is 1. The van der Waals surface area contributed by atoms with Crippen molar-refractivity contribution in [1.82, 2.24) is 10.4 Å². The van der Waals surface area contributed by atoms with E-state index in [0.717, 1.165) is 30.5 Å². The third-order valence-electron chi connectivity index (χ3n) is 3.32. The minimum Gasteiger partial charge on any atom is -0.357 e. The Bertz CT molecular complexity index is 614. The fourth-order valence-electron chi connectivity index (χ4n) is 2.37. The van der Waals surface area contributed by atoms with Gasteiger partial charge in [0.15, 0.2) is 0 Å². The summed E-state index contributed by atoms with van der Waals surface area (Å²) in [5.41, 5.74) is 6.56. The number of benzene rings is 1. The lowest BCUT2D eigenvalue weighted by Crippen LogP contribution is -2.22. The van der Waals surface area contributed by atoms with E-state index in [1.165, 1.54) is 5.56 Å². The molecule has 0 bridgehead atoms. The first-order chi connectivity index (χ1) is 9.34. The fraction of sp³-hybridized carbons (Fsp3) is 0.200. The molecule has 4 heteroatoms. The zero-order valence-corrected chi connectivity index (χ0v) is 10.5. The number of aryl methyl sites for hydroxylation is 1. The van der Waals surface area contributed by atoms with Crippen molar-refractivity contribution in [3.63, 3.8) is 0 Å². The highest BCUT2D eigenvalue weighted by atomic mass is 16.2. The van der Waals surface area contributed by atoms with Gasteiger partial charge in [0.05, 0.1) is 5.71 Å². The van der Waals surface area contributed by atoms with Gasteiger partial charge in [-0.2, -0.15) is 5.10 Å². The summed E-state index contributed by atoms with van der Waals surface area (Å²) < 4.78 is 0. The molecule has 0 aliphatic heterocycles. The number of H-pyrrole nitrogens is 1.